The van der Waals surface area contributed by atoms with E-state index in [0.717, 1.165) is 10.0 Å². The number of halogens is 1. The predicted molar refractivity (Wildman–Crippen MR) is 68.7 cm³/mol. The third kappa shape index (κ3) is 2.15. The van der Waals surface area contributed by atoms with Crippen LogP contribution in [0.25, 0.3) is 0 Å². The Balaban J connectivity index is 2.38. The average Bonchev–Trinajstić information content (AvgIpc) is 2.23. The Bertz CT molecular complexity index is 445. The first-order chi connectivity index (χ1) is 7.59. The summed E-state index contributed by atoms with van der Waals surface area (Å²) in [6.45, 7) is 1.93. The third-order valence-corrected chi connectivity index (χ3v) is 4.14. The van der Waals surface area contributed by atoms with Gasteiger partial charge >= 0.3 is 0 Å². The zero-order valence-electron chi connectivity index (χ0n) is 8.70. The molecule has 5 heteroatoms. The monoisotopic (exact) mass is 299 g/mol. The van der Waals surface area contributed by atoms with E-state index in [4.69, 9.17) is 0 Å². The van der Waals surface area contributed by atoms with E-state index in [0.29, 0.717) is 17.2 Å². The molecule has 0 bridgehead atoms. The van der Waals surface area contributed by atoms with Crippen molar-refractivity contribution in [3.63, 3.8) is 0 Å². The van der Waals surface area contributed by atoms with Crippen LogP contribution in [0.15, 0.2) is 22.7 Å². The average molecular weight is 300 g/mol. The SMILES string of the molecule is Cc1cc(N2C(=O)CSCC2=O)ccc1Br. The maximum atomic E-state index is 11.7. The van der Waals surface area contributed by atoms with Crippen molar-refractivity contribution in [3.8, 4) is 0 Å². The highest BCUT2D eigenvalue weighted by molar-refractivity contribution is 9.10. The van der Waals surface area contributed by atoms with Gasteiger partial charge in [-0.05, 0) is 30.7 Å². The topological polar surface area (TPSA) is 37.4 Å². The van der Waals surface area contributed by atoms with E-state index < -0.39 is 0 Å². The van der Waals surface area contributed by atoms with E-state index in [-0.39, 0.29) is 11.8 Å². The number of anilines is 1. The Morgan fingerprint density at radius 1 is 1.25 bits per heavy atom. The van der Waals surface area contributed by atoms with Gasteiger partial charge in [-0.15, -0.1) is 11.8 Å². The largest absolute Gasteiger partial charge is 0.273 e. The van der Waals surface area contributed by atoms with Crippen LogP contribution in [-0.2, 0) is 9.59 Å². The Kier molecular flexibility index (Phi) is 3.35. The summed E-state index contributed by atoms with van der Waals surface area (Å²) in [5, 5.41) is 0. The molecular formula is C11H10BrNO2S. The lowest BCUT2D eigenvalue weighted by Gasteiger charge is -2.24. The predicted octanol–water partition coefficient (Wildman–Crippen LogP) is 2.36. The normalized spacial score (nSPS) is 16.8. The molecular weight excluding hydrogens is 290 g/mol. The van der Waals surface area contributed by atoms with Crippen LogP contribution in [0.1, 0.15) is 5.56 Å². The summed E-state index contributed by atoms with van der Waals surface area (Å²) < 4.78 is 0.975. The molecule has 0 saturated carbocycles. The Labute approximate surface area is 106 Å². The molecule has 2 rings (SSSR count). The number of nitrogens with zero attached hydrogens (tertiary/aromatic N) is 1. The Morgan fingerprint density at radius 2 is 1.88 bits per heavy atom. The first-order valence-electron chi connectivity index (χ1n) is 4.79. The Hall–Kier alpha value is -0.810. The molecule has 1 aliphatic heterocycles. The highest BCUT2D eigenvalue weighted by Crippen LogP contribution is 2.26. The number of benzene rings is 1. The molecule has 0 aliphatic carbocycles. The van der Waals surface area contributed by atoms with Crippen LogP contribution in [0, 0.1) is 6.92 Å². The van der Waals surface area contributed by atoms with E-state index >= 15 is 0 Å². The van der Waals surface area contributed by atoms with Gasteiger partial charge < -0.3 is 0 Å². The summed E-state index contributed by atoms with van der Waals surface area (Å²) >= 11 is 4.76. The minimum absolute atomic E-state index is 0.136. The second kappa shape index (κ2) is 4.59. The molecule has 1 heterocycles. The summed E-state index contributed by atoms with van der Waals surface area (Å²) in [5.74, 6) is 0.479. The van der Waals surface area contributed by atoms with E-state index in [1.54, 1.807) is 6.07 Å². The second-order valence-electron chi connectivity index (χ2n) is 3.55. The van der Waals surface area contributed by atoms with Crippen molar-refractivity contribution >= 4 is 45.2 Å². The van der Waals surface area contributed by atoms with E-state index in [9.17, 15) is 9.59 Å². The van der Waals surface area contributed by atoms with Gasteiger partial charge in [-0.2, -0.15) is 0 Å². The fraction of sp³-hybridized carbons (Fsp3) is 0.273. The van der Waals surface area contributed by atoms with Crippen LogP contribution in [0.2, 0.25) is 0 Å². The van der Waals surface area contributed by atoms with Crippen molar-refractivity contribution in [2.24, 2.45) is 0 Å². The summed E-state index contributed by atoms with van der Waals surface area (Å²) in [7, 11) is 0. The highest BCUT2D eigenvalue weighted by Gasteiger charge is 2.27. The lowest BCUT2D eigenvalue weighted by Crippen LogP contribution is -2.43. The minimum atomic E-state index is -0.136. The quantitative estimate of drug-likeness (QED) is 0.747. The van der Waals surface area contributed by atoms with Crippen LogP contribution < -0.4 is 4.90 Å². The van der Waals surface area contributed by atoms with Crippen molar-refractivity contribution < 1.29 is 9.59 Å². The van der Waals surface area contributed by atoms with Crippen molar-refractivity contribution in [1.82, 2.24) is 0 Å². The Morgan fingerprint density at radius 3 is 2.44 bits per heavy atom. The summed E-state index contributed by atoms with van der Waals surface area (Å²) in [4.78, 5) is 24.6. The van der Waals surface area contributed by atoms with Gasteiger partial charge in [0.05, 0.1) is 17.2 Å². The number of thioether (sulfide) groups is 1. The molecule has 0 aromatic heterocycles. The summed E-state index contributed by atoms with van der Waals surface area (Å²) in [5.41, 5.74) is 1.67. The van der Waals surface area contributed by atoms with Gasteiger partial charge in [0, 0.05) is 4.47 Å². The van der Waals surface area contributed by atoms with Crippen molar-refractivity contribution in [3.05, 3.63) is 28.2 Å². The molecule has 1 fully saturated rings. The van der Waals surface area contributed by atoms with Gasteiger partial charge in [-0.3, -0.25) is 9.59 Å². The number of carbonyl (C=O) groups is 2. The number of carbonyl (C=O) groups excluding carboxylic acids is 2. The molecule has 84 valence electrons. The van der Waals surface area contributed by atoms with Gasteiger partial charge in [0.2, 0.25) is 11.8 Å². The van der Waals surface area contributed by atoms with Crippen molar-refractivity contribution in [2.45, 2.75) is 6.92 Å². The summed E-state index contributed by atoms with van der Waals surface area (Å²) in [6, 6.07) is 5.48. The standard InChI is InChI=1S/C11H10BrNO2S/c1-7-4-8(2-3-9(7)12)13-10(14)5-16-6-11(13)15/h2-4H,5-6H2,1H3. The first kappa shape index (κ1) is 11.7. The molecule has 3 nitrogen and oxygen atoms in total. The molecule has 1 saturated heterocycles. The van der Waals surface area contributed by atoms with Crippen LogP contribution in [0.4, 0.5) is 5.69 Å². The maximum absolute atomic E-state index is 11.7. The number of hydrogen-bond acceptors (Lipinski definition) is 3. The van der Waals surface area contributed by atoms with Crippen molar-refractivity contribution in [1.29, 1.82) is 0 Å². The molecule has 16 heavy (non-hydrogen) atoms. The van der Waals surface area contributed by atoms with Crippen LogP contribution >= 0.6 is 27.7 Å². The second-order valence-corrected chi connectivity index (χ2v) is 5.39. The van der Waals surface area contributed by atoms with Gasteiger partial charge in [-0.25, -0.2) is 4.90 Å². The number of imide groups is 1. The van der Waals surface area contributed by atoms with Gasteiger partial charge in [0.15, 0.2) is 0 Å². The number of hydrogen-bond donors (Lipinski definition) is 0. The molecule has 2 amide bonds. The zero-order valence-corrected chi connectivity index (χ0v) is 11.1. The fourth-order valence-corrected chi connectivity index (χ4v) is 2.51. The number of rotatable bonds is 1. The molecule has 0 unspecified atom stereocenters. The number of aryl methyl sites for hydroxylation is 1. The smallest absolute Gasteiger partial charge is 0.243 e. The van der Waals surface area contributed by atoms with E-state index in [2.05, 4.69) is 15.9 Å². The van der Waals surface area contributed by atoms with Gasteiger partial charge in [0.25, 0.3) is 0 Å². The first-order valence-corrected chi connectivity index (χ1v) is 6.74. The van der Waals surface area contributed by atoms with Crippen LogP contribution in [-0.4, -0.2) is 23.3 Å². The minimum Gasteiger partial charge on any atom is -0.273 e. The zero-order chi connectivity index (χ0) is 11.7. The summed E-state index contributed by atoms with van der Waals surface area (Å²) in [6.07, 6.45) is 0. The van der Waals surface area contributed by atoms with E-state index in [1.165, 1.54) is 16.7 Å². The van der Waals surface area contributed by atoms with E-state index in [1.807, 2.05) is 19.1 Å². The molecule has 1 aromatic rings. The lowest BCUT2D eigenvalue weighted by molar-refractivity contribution is -0.124. The fourth-order valence-electron chi connectivity index (χ4n) is 1.55. The molecule has 1 aromatic carbocycles. The number of amides is 2. The molecule has 0 spiro atoms. The van der Waals surface area contributed by atoms with Crippen LogP contribution in [0.3, 0.4) is 0 Å². The van der Waals surface area contributed by atoms with Crippen LogP contribution in [0.5, 0.6) is 0 Å². The van der Waals surface area contributed by atoms with Gasteiger partial charge in [0.1, 0.15) is 0 Å². The molecule has 1 aliphatic rings. The maximum Gasteiger partial charge on any atom is 0.243 e. The third-order valence-electron chi connectivity index (χ3n) is 2.35. The van der Waals surface area contributed by atoms with Gasteiger partial charge in [-0.1, -0.05) is 15.9 Å². The van der Waals surface area contributed by atoms with Crippen molar-refractivity contribution in [2.75, 3.05) is 16.4 Å². The lowest BCUT2D eigenvalue weighted by atomic mass is 10.2. The highest BCUT2D eigenvalue weighted by atomic mass is 79.9. The molecule has 0 radical (unpaired) electrons. The molecule has 0 atom stereocenters. The molecule has 0 N–H and O–H groups in total.